The van der Waals surface area contributed by atoms with E-state index in [4.69, 9.17) is 4.74 Å². The fourth-order valence-electron chi connectivity index (χ4n) is 3.46. The molecule has 0 aliphatic carbocycles. The summed E-state index contributed by atoms with van der Waals surface area (Å²) in [5, 5.41) is 5.64. The minimum atomic E-state index is -0.551. The highest BCUT2D eigenvalue weighted by Crippen LogP contribution is 2.32. The Hall–Kier alpha value is -3.00. The van der Waals surface area contributed by atoms with Crippen LogP contribution in [0, 0.1) is 0 Å². The van der Waals surface area contributed by atoms with E-state index in [1.165, 1.54) is 11.8 Å². The van der Waals surface area contributed by atoms with Gasteiger partial charge in [0, 0.05) is 23.7 Å². The van der Waals surface area contributed by atoms with Crippen molar-refractivity contribution >= 4 is 40.9 Å². The number of fused-ring (bicyclic) bond motifs is 1. The first kappa shape index (κ1) is 20.3. The van der Waals surface area contributed by atoms with Crippen LogP contribution in [0.5, 0.6) is 5.75 Å². The smallest absolute Gasteiger partial charge is 0.265 e. The van der Waals surface area contributed by atoms with Crippen LogP contribution in [0.15, 0.2) is 47.4 Å². The molecule has 2 N–H and O–H groups in total. The number of hydrogen-bond donors (Lipinski definition) is 2. The van der Waals surface area contributed by atoms with E-state index in [-0.39, 0.29) is 17.7 Å². The molecule has 8 heteroatoms. The number of anilines is 2. The van der Waals surface area contributed by atoms with E-state index in [1.54, 1.807) is 37.3 Å². The van der Waals surface area contributed by atoms with Gasteiger partial charge in [0.15, 0.2) is 6.10 Å². The van der Waals surface area contributed by atoms with Crippen LogP contribution in [0.1, 0.15) is 30.1 Å². The predicted octanol–water partition coefficient (Wildman–Crippen LogP) is 3.37. The maximum absolute atomic E-state index is 12.9. The van der Waals surface area contributed by atoms with Crippen molar-refractivity contribution < 1.29 is 19.1 Å². The zero-order valence-corrected chi connectivity index (χ0v) is 17.5. The number of ether oxygens (including phenoxy) is 1. The molecule has 1 saturated heterocycles. The second-order valence-electron chi connectivity index (χ2n) is 7.29. The lowest BCUT2D eigenvalue weighted by Gasteiger charge is -2.23. The van der Waals surface area contributed by atoms with E-state index >= 15 is 0 Å². The molecule has 4 rings (SSSR count). The van der Waals surface area contributed by atoms with Crippen molar-refractivity contribution in [3.63, 3.8) is 0 Å². The minimum Gasteiger partial charge on any atom is -0.479 e. The molecule has 2 aromatic carbocycles. The molecule has 7 nitrogen and oxygen atoms in total. The second kappa shape index (κ2) is 8.79. The van der Waals surface area contributed by atoms with Crippen molar-refractivity contribution in [3.05, 3.63) is 48.0 Å². The van der Waals surface area contributed by atoms with Gasteiger partial charge in [-0.1, -0.05) is 12.1 Å². The summed E-state index contributed by atoms with van der Waals surface area (Å²) in [4.78, 5) is 39.7. The summed E-state index contributed by atoms with van der Waals surface area (Å²) in [6.07, 6.45) is 1.56. The molecule has 30 heavy (non-hydrogen) atoms. The number of nitrogens with one attached hydrogen (secondary N) is 2. The summed E-state index contributed by atoms with van der Waals surface area (Å²) in [6.45, 7) is 3.31. The summed E-state index contributed by atoms with van der Waals surface area (Å²) >= 11 is 1.38. The van der Waals surface area contributed by atoms with E-state index < -0.39 is 6.10 Å². The molecule has 3 amide bonds. The fourth-order valence-corrected chi connectivity index (χ4v) is 4.41. The van der Waals surface area contributed by atoms with Gasteiger partial charge in [0.2, 0.25) is 5.91 Å². The summed E-state index contributed by atoms with van der Waals surface area (Å²) in [5.74, 6) is 0.479. The van der Waals surface area contributed by atoms with Gasteiger partial charge in [-0.05, 0) is 50.1 Å². The Kier molecular flexibility index (Phi) is 5.94. The molecule has 0 aromatic heterocycles. The SMILES string of the molecule is CC1Oc2ccc(NC(=O)c3ccccc3SCC(=O)N3CCCC3)cc2NC1=O. The topological polar surface area (TPSA) is 87.7 Å². The van der Waals surface area contributed by atoms with Crippen LogP contribution >= 0.6 is 11.8 Å². The van der Waals surface area contributed by atoms with Gasteiger partial charge in [0.25, 0.3) is 11.8 Å². The molecule has 0 radical (unpaired) electrons. The highest BCUT2D eigenvalue weighted by molar-refractivity contribution is 8.00. The fraction of sp³-hybridized carbons (Fsp3) is 0.318. The van der Waals surface area contributed by atoms with Crippen molar-refractivity contribution in [1.29, 1.82) is 0 Å². The molecule has 2 aliphatic rings. The highest BCUT2D eigenvalue weighted by Gasteiger charge is 2.24. The Labute approximate surface area is 179 Å². The Morgan fingerprint density at radius 3 is 2.77 bits per heavy atom. The molecule has 0 saturated carbocycles. The van der Waals surface area contributed by atoms with E-state index in [9.17, 15) is 14.4 Å². The Morgan fingerprint density at radius 1 is 1.20 bits per heavy atom. The monoisotopic (exact) mass is 425 g/mol. The number of benzene rings is 2. The third-order valence-electron chi connectivity index (χ3n) is 5.11. The van der Waals surface area contributed by atoms with Crippen molar-refractivity contribution in [2.75, 3.05) is 29.5 Å². The second-order valence-corrected chi connectivity index (χ2v) is 8.30. The van der Waals surface area contributed by atoms with Crippen LogP contribution < -0.4 is 15.4 Å². The molecule has 2 aromatic rings. The van der Waals surface area contributed by atoms with Crippen molar-refractivity contribution in [2.45, 2.75) is 30.8 Å². The van der Waals surface area contributed by atoms with Crippen molar-refractivity contribution in [3.8, 4) is 5.75 Å². The van der Waals surface area contributed by atoms with Gasteiger partial charge in [-0.3, -0.25) is 14.4 Å². The first-order chi connectivity index (χ1) is 14.5. The minimum absolute atomic E-state index is 0.104. The lowest BCUT2D eigenvalue weighted by atomic mass is 10.2. The van der Waals surface area contributed by atoms with E-state index in [1.807, 2.05) is 17.0 Å². The van der Waals surface area contributed by atoms with E-state index in [0.717, 1.165) is 30.8 Å². The number of nitrogens with zero attached hydrogens (tertiary/aromatic N) is 1. The number of thioether (sulfide) groups is 1. The standard InChI is InChI=1S/C22H23N3O4S/c1-14-21(27)24-17-12-15(8-9-18(17)29-14)23-22(28)16-6-2-3-7-19(16)30-13-20(26)25-10-4-5-11-25/h2-3,6-9,12,14H,4-5,10-11,13H2,1H3,(H,23,28)(H,24,27). The van der Waals surface area contributed by atoms with Crippen LogP contribution in [0.4, 0.5) is 11.4 Å². The van der Waals surface area contributed by atoms with Crippen molar-refractivity contribution in [1.82, 2.24) is 4.90 Å². The van der Waals surface area contributed by atoms with Crippen LogP contribution in [0.2, 0.25) is 0 Å². The van der Waals surface area contributed by atoms with Crippen molar-refractivity contribution in [2.24, 2.45) is 0 Å². The molecule has 1 atom stereocenters. The van der Waals surface area contributed by atoms with Gasteiger partial charge in [0.05, 0.1) is 17.0 Å². The summed E-state index contributed by atoms with van der Waals surface area (Å²) in [6, 6.07) is 12.4. The van der Waals surface area contributed by atoms with Gasteiger partial charge in [-0.2, -0.15) is 0 Å². The molecule has 156 valence electrons. The number of carbonyl (C=O) groups excluding carboxylic acids is 3. The number of amides is 3. The van der Waals surface area contributed by atoms with Gasteiger partial charge >= 0.3 is 0 Å². The van der Waals surface area contributed by atoms with Gasteiger partial charge in [-0.25, -0.2) is 0 Å². The van der Waals surface area contributed by atoms with Gasteiger partial charge in [-0.15, -0.1) is 11.8 Å². The number of carbonyl (C=O) groups is 3. The first-order valence-electron chi connectivity index (χ1n) is 9.94. The van der Waals surface area contributed by atoms with Crippen LogP contribution in [-0.2, 0) is 9.59 Å². The zero-order valence-electron chi connectivity index (χ0n) is 16.6. The molecule has 2 aliphatic heterocycles. The van der Waals surface area contributed by atoms with Gasteiger partial charge < -0.3 is 20.3 Å². The summed E-state index contributed by atoms with van der Waals surface area (Å²) in [5.41, 5.74) is 1.57. The normalized spacial score (nSPS) is 17.7. The maximum atomic E-state index is 12.9. The number of rotatable bonds is 5. The quantitative estimate of drug-likeness (QED) is 0.717. The van der Waals surface area contributed by atoms with Crippen LogP contribution in [0.3, 0.4) is 0 Å². The average molecular weight is 426 g/mol. The maximum Gasteiger partial charge on any atom is 0.265 e. The zero-order chi connectivity index (χ0) is 21.1. The number of likely N-dealkylation sites (tertiary alicyclic amines) is 1. The predicted molar refractivity (Wildman–Crippen MR) is 116 cm³/mol. The number of hydrogen-bond acceptors (Lipinski definition) is 5. The first-order valence-corrected chi connectivity index (χ1v) is 10.9. The summed E-state index contributed by atoms with van der Waals surface area (Å²) < 4.78 is 5.54. The largest absolute Gasteiger partial charge is 0.479 e. The summed E-state index contributed by atoms with van der Waals surface area (Å²) in [7, 11) is 0. The average Bonchev–Trinajstić information content (AvgIpc) is 3.28. The van der Waals surface area contributed by atoms with Crippen LogP contribution in [-0.4, -0.2) is 47.6 Å². The molecular formula is C22H23N3O4S. The lowest BCUT2D eigenvalue weighted by molar-refractivity contribution is -0.127. The molecule has 2 heterocycles. The molecule has 0 bridgehead atoms. The molecule has 1 fully saturated rings. The van der Waals surface area contributed by atoms with Crippen LogP contribution in [0.25, 0.3) is 0 Å². The van der Waals surface area contributed by atoms with E-state index in [2.05, 4.69) is 10.6 Å². The molecular weight excluding hydrogens is 402 g/mol. The Morgan fingerprint density at radius 2 is 1.97 bits per heavy atom. The Bertz CT molecular complexity index is 988. The third-order valence-corrected chi connectivity index (χ3v) is 6.17. The molecule has 0 spiro atoms. The van der Waals surface area contributed by atoms with E-state index in [0.29, 0.717) is 28.4 Å². The highest BCUT2D eigenvalue weighted by atomic mass is 32.2. The molecule has 1 unspecified atom stereocenters. The Balaban J connectivity index is 1.44. The lowest BCUT2D eigenvalue weighted by Crippen LogP contribution is -2.34. The third kappa shape index (κ3) is 4.43. The van der Waals surface area contributed by atoms with Gasteiger partial charge in [0.1, 0.15) is 5.75 Å².